The summed E-state index contributed by atoms with van der Waals surface area (Å²) in [6, 6.07) is 9.71. The van der Waals surface area contributed by atoms with Gasteiger partial charge >= 0.3 is 0 Å². The minimum Gasteiger partial charge on any atom is -0.347 e. The first-order valence-electron chi connectivity index (χ1n) is 5.90. The van der Waals surface area contributed by atoms with Gasteiger partial charge in [0.2, 0.25) is 0 Å². The fraction of sp³-hybridized carbons (Fsp3) is 0.154. The van der Waals surface area contributed by atoms with Crippen LogP contribution in [0.15, 0.2) is 47.5 Å². The Hall–Kier alpha value is -2.12. The summed E-state index contributed by atoms with van der Waals surface area (Å²) in [4.78, 5) is 14.0. The minimum atomic E-state index is -3.77. The number of hydrogen-bond acceptors (Lipinski definition) is 3. The molecule has 0 aliphatic heterocycles. The number of hydrazine groups is 1. The third-order valence-electron chi connectivity index (χ3n) is 2.78. The first kappa shape index (κ1) is 14.3. The molecule has 0 aliphatic carbocycles. The van der Waals surface area contributed by atoms with E-state index in [-0.39, 0.29) is 4.90 Å². The number of carbonyl (C=O) groups excluding carboxylic acids is 1. The van der Waals surface area contributed by atoms with Crippen molar-refractivity contribution in [3.8, 4) is 0 Å². The highest BCUT2D eigenvalue weighted by Gasteiger charge is 2.16. The molecule has 6 nitrogen and oxygen atoms in total. The molecule has 106 valence electrons. The Morgan fingerprint density at radius 1 is 1.20 bits per heavy atom. The molecule has 2 N–H and O–H groups in total. The lowest BCUT2D eigenvalue weighted by Gasteiger charge is -2.09. The van der Waals surface area contributed by atoms with Crippen LogP contribution in [-0.4, -0.2) is 18.9 Å². The molecule has 20 heavy (non-hydrogen) atoms. The zero-order valence-corrected chi connectivity index (χ0v) is 11.9. The molecule has 2 aromatic rings. The molecule has 1 aromatic carbocycles. The number of aryl methyl sites for hydroxylation is 2. The Morgan fingerprint density at radius 2 is 1.95 bits per heavy atom. The van der Waals surface area contributed by atoms with Crippen LogP contribution in [0.2, 0.25) is 0 Å². The Balaban J connectivity index is 2.11. The smallest absolute Gasteiger partial charge is 0.282 e. The maximum absolute atomic E-state index is 12.0. The number of benzene rings is 1. The molecule has 0 radical (unpaired) electrons. The summed E-state index contributed by atoms with van der Waals surface area (Å²) >= 11 is 0. The van der Waals surface area contributed by atoms with E-state index in [9.17, 15) is 13.2 Å². The summed E-state index contributed by atoms with van der Waals surface area (Å²) in [7, 11) is -2.07. The lowest BCUT2D eigenvalue weighted by atomic mass is 10.2. The molecule has 1 aromatic heterocycles. The van der Waals surface area contributed by atoms with Gasteiger partial charge in [0.15, 0.2) is 0 Å². The van der Waals surface area contributed by atoms with Crippen molar-refractivity contribution in [1.82, 2.24) is 14.8 Å². The van der Waals surface area contributed by atoms with Crippen LogP contribution in [0.5, 0.6) is 0 Å². The second-order valence-electron chi connectivity index (χ2n) is 4.38. The largest absolute Gasteiger partial charge is 0.347 e. The zero-order chi connectivity index (χ0) is 14.8. The maximum atomic E-state index is 12.0. The molecule has 0 aliphatic rings. The van der Waals surface area contributed by atoms with Crippen molar-refractivity contribution in [2.45, 2.75) is 11.8 Å². The number of aromatic nitrogens is 1. The third kappa shape index (κ3) is 3.06. The van der Waals surface area contributed by atoms with Gasteiger partial charge in [-0.25, -0.2) is 8.42 Å². The van der Waals surface area contributed by atoms with Crippen LogP contribution in [0.3, 0.4) is 0 Å². The molecule has 1 amide bonds. The zero-order valence-electron chi connectivity index (χ0n) is 11.1. The van der Waals surface area contributed by atoms with Gasteiger partial charge < -0.3 is 4.57 Å². The normalized spacial score (nSPS) is 11.3. The quantitative estimate of drug-likeness (QED) is 0.824. The van der Waals surface area contributed by atoms with Crippen molar-refractivity contribution < 1.29 is 13.2 Å². The van der Waals surface area contributed by atoms with E-state index < -0.39 is 15.9 Å². The van der Waals surface area contributed by atoms with Gasteiger partial charge in [-0.2, -0.15) is 0 Å². The van der Waals surface area contributed by atoms with Crippen molar-refractivity contribution in [2.24, 2.45) is 7.05 Å². The average molecular weight is 293 g/mol. The number of nitrogens with one attached hydrogen (secondary N) is 2. The highest BCUT2D eigenvalue weighted by atomic mass is 32.2. The molecule has 7 heteroatoms. The lowest BCUT2D eigenvalue weighted by Crippen LogP contribution is -2.42. The van der Waals surface area contributed by atoms with E-state index in [1.54, 1.807) is 49.0 Å². The summed E-state index contributed by atoms with van der Waals surface area (Å²) in [5.41, 5.74) is 3.37. The molecule has 0 spiro atoms. The predicted molar refractivity (Wildman–Crippen MR) is 74.4 cm³/mol. The van der Waals surface area contributed by atoms with Gasteiger partial charge in [-0.1, -0.05) is 12.1 Å². The second kappa shape index (κ2) is 5.48. The topological polar surface area (TPSA) is 80.2 Å². The lowest BCUT2D eigenvalue weighted by molar-refractivity contribution is 0.0937. The number of sulfonamides is 1. The van der Waals surface area contributed by atoms with Gasteiger partial charge in [0.1, 0.15) is 5.69 Å². The Morgan fingerprint density at radius 3 is 2.55 bits per heavy atom. The van der Waals surface area contributed by atoms with Crippen LogP contribution in [0.4, 0.5) is 0 Å². The first-order chi connectivity index (χ1) is 9.40. The van der Waals surface area contributed by atoms with E-state index in [1.165, 1.54) is 12.1 Å². The second-order valence-corrected chi connectivity index (χ2v) is 6.06. The van der Waals surface area contributed by atoms with Crippen molar-refractivity contribution in [3.63, 3.8) is 0 Å². The van der Waals surface area contributed by atoms with Crippen molar-refractivity contribution >= 4 is 15.9 Å². The molecule has 0 fully saturated rings. The summed E-state index contributed by atoms with van der Waals surface area (Å²) in [6.45, 7) is 1.79. The summed E-state index contributed by atoms with van der Waals surface area (Å²) in [5, 5.41) is 0. The standard InChI is InChI=1S/C13H15N3O3S/c1-10-5-3-6-11(9-10)20(18,19)15-14-13(17)12-7-4-8-16(12)2/h3-9,15H,1-2H3,(H,14,17). The van der Waals surface area contributed by atoms with Crippen molar-refractivity contribution in [1.29, 1.82) is 0 Å². The van der Waals surface area contributed by atoms with E-state index in [0.29, 0.717) is 5.69 Å². The van der Waals surface area contributed by atoms with E-state index in [4.69, 9.17) is 0 Å². The minimum absolute atomic E-state index is 0.102. The number of amides is 1. The van der Waals surface area contributed by atoms with Crippen LogP contribution < -0.4 is 10.3 Å². The fourth-order valence-corrected chi connectivity index (χ4v) is 2.66. The molecule has 0 unspecified atom stereocenters. The van der Waals surface area contributed by atoms with E-state index >= 15 is 0 Å². The highest BCUT2D eigenvalue weighted by Crippen LogP contribution is 2.10. The number of carbonyl (C=O) groups is 1. The molecule has 1 heterocycles. The Bertz CT molecular complexity index is 735. The van der Waals surface area contributed by atoms with Gasteiger partial charge in [-0.3, -0.25) is 10.2 Å². The van der Waals surface area contributed by atoms with Crippen molar-refractivity contribution in [2.75, 3.05) is 0 Å². The van der Waals surface area contributed by atoms with Crippen LogP contribution in [0, 0.1) is 6.92 Å². The molecular formula is C13H15N3O3S. The fourth-order valence-electron chi connectivity index (χ4n) is 1.72. The van der Waals surface area contributed by atoms with Crippen LogP contribution in [-0.2, 0) is 17.1 Å². The number of nitrogens with zero attached hydrogens (tertiary/aromatic N) is 1. The first-order valence-corrected chi connectivity index (χ1v) is 7.38. The summed E-state index contributed by atoms with van der Waals surface area (Å²) in [6.07, 6.45) is 1.70. The average Bonchev–Trinajstić information content (AvgIpc) is 2.82. The number of rotatable bonds is 4. The van der Waals surface area contributed by atoms with E-state index in [2.05, 4.69) is 10.3 Å². The molecule has 0 saturated heterocycles. The van der Waals surface area contributed by atoms with Gasteiger partial charge in [0.05, 0.1) is 4.90 Å². The van der Waals surface area contributed by atoms with E-state index in [0.717, 1.165) is 5.56 Å². The highest BCUT2D eigenvalue weighted by molar-refractivity contribution is 7.89. The Labute approximate surface area is 117 Å². The SMILES string of the molecule is Cc1cccc(S(=O)(=O)NNC(=O)c2cccn2C)c1. The van der Waals surface area contributed by atoms with Gasteiger partial charge in [-0.15, -0.1) is 4.83 Å². The van der Waals surface area contributed by atoms with Crippen LogP contribution in [0.25, 0.3) is 0 Å². The Kier molecular flexibility index (Phi) is 3.91. The molecule has 2 rings (SSSR count). The molecular weight excluding hydrogens is 278 g/mol. The van der Waals surface area contributed by atoms with Gasteiger partial charge in [0, 0.05) is 13.2 Å². The maximum Gasteiger partial charge on any atom is 0.282 e. The van der Waals surface area contributed by atoms with Gasteiger partial charge in [0.25, 0.3) is 15.9 Å². The molecule has 0 saturated carbocycles. The molecule has 0 atom stereocenters. The van der Waals surface area contributed by atoms with Crippen LogP contribution >= 0.6 is 0 Å². The summed E-state index contributed by atoms with van der Waals surface area (Å²) in [5.74, 6) is -0.520. The summed E-state index contributed by atoms with van der Waals surface area (Å²) < 4.78 is 25.6. The van der Waals surface area contributed by atoms with Crippen LogP contribution in [0.1, 0.15) is 16.1 Å². The predicted octanol–water partition coefficient (Wildman–Crippen LogP) is 0.957. The molecule has 0 bridgehead atoms. The van der Waals surface area contributed by atoms with E-state index in [1.807, 2.05) is 0 Å². The van der Waals surface area contributed by atoms with Gasteiger partial charge in [-0.05, 0) is 36.8 Å². The van der Waals surface area contributed by atoms with Crippen molar-refractivity contribution in [3.05, 3.63) is 53.9 Å². The third-order valence-corrected chi connectivity index (χ3v) is 4.02. The monoisotopic (exact) mass is 293 g/mol. The number of hydrogen-bond donors (Lipinski definition) is 2.